The smallest absolute Gasteiger partial charge is 0.0634 e. The van der Waals surface area contributed by atoms with Gasteiger partial charge in [-0.25, -0.2) is 0 Å². The monoisotopic (exact) mass is 187 g/mol. The molecule has 0 amide bonds. The fraction of sp³-hybridized carbons (Fsp3) is 1.00. The summed E-state index contributed by atoms with van der Waals surface area (Å²) in [6, 6.07) is 0.509. The Hall–Kier alpha value is -0.0800. The van der Waals surface area contributed by atoms with Gasteiger partial charge >= 0.3 is 0 Å². The van der Waals surface area contributed by atoms with E-state index in [4.69, 9.17) is 0 Å². The van der Waals surface area contributed by atoms with Crippen LogP contribution in [0, 0.1) is 5.92 Å². The lowest BCUT2D eigenvalue weighted by atomic mass is 9.91. The lowest BCUT2D eigenvalue weighted by Gasteiger charge is -2.25. The van der Waals surface area contributed by atoms with Crippen molar-refractivity contribution in [3.8, 4) is 0 Å². The Morgan fingerprint density at radius 1 is 1.23 bits per heavy atom. The summed E-state index contributed by atoms with van der Waals surface area (Å²) < 4.78 is 0. The highest BCUT2D eigenvalue weighted by Crippen LogP contribution is 2.19. The quantitative estimate of drug-likeness (QED) is 0.668. The van der Waals surface area contributed by atoms with Gasteiger partial charge in [-0.2, -0.15) is 0 Å². The molecule has 0 aromatic rings. The standard InChI is InChI=1S/C11H25NO/c1-9(2)8-11(5,13)6-7-12-10(3)4/h9-10,12-13H,6-8H2,1-5H3. The fourth-order valence-electron chi connectivity index (χ4n) is 1.61. The molecule has 2 nitrogen and oxygen atoms in total. The minimum Gasteiger partial charge on any atom is -0.390 e. The highest BCUT2D eigenvalue weighted by Gasteiger charge is 2.20. The molecule has 1 atom stereocenters. The van der Waals surface area contributed by atoms with Crippen LogP contribution in [-0.2, 0) is 0 Å². The maximum atomic E-state index is 9.96. The summed E-state index contributed by atoms with van der Waals surface area (Å²) in [7, 11) is 0. The Bertz CT molecular complexity index is 130. The topological polar surface area (TPSA) is 32.3 Å². The van der Waals surface area contributed by atoms with Gasteiger partial charge in [0.2, 0.25) is 0 Å². The van der Waals surface area contributed by atoms with Gasteiger partial charge in [0.15, 0.2) is 0 Å². The molecule has 2 heteroatoms. The Morgan fingerprint density at radius 3 is 2.15 bits per heavy atom. The lowest BCUT2D eigenvalue weighted by Crippen LogP contribution is -2.33. The van der Waals surface area contributed by atoms with Crippen LogP contribution in [0.1, 0.15) is 47.5 Å². The summed E-state index contributed by atoms with van der Waals surface area (Å²) in [5.41, 5.74) is -0.504. The molecule has 0 heterocycles. The predicted octanol–water partition coefficient (Wildman–Crippen LogP) is 2.17. The summed E-state index contributed by atoms with van der Waals surface area (Å²) in [5.74, 6) is 0.564. The van der Waals surface area contributed by atoms with E-state index in [2.05, 4.69) is 33.0 Å². The second-order valence-electron chi connectivity index (χ2n) is 4.95. The maximum absolute atomic E-state index is 9.96. The van der Waals surface area contributed by atoms with Crippen molar-refractivity contribution in [2.45, 2.75) is 59.1 Å². The summed E-state index contributed by atoms with van der Waals surface area (Å²) in [6.07, 6.45) is 1.72. The van der Waals surface area contributed by atoms with Crippen LogP contribution in [0.2, 0.25) is 0 Å². The molecule has 2 N–H and O–H groups in total. The molecule has 0 fully saturated rings. The SMILES string of the molecule is CC(C)CC(C)(O)CCNC(C)C. The number of hydrogen-bond donors (Lipinski definition) is 2. The molecular weight excluding hydrogens is 162 g/mol. The Morgan fingerprint density at radius 2 is 1.77 bits per heavy atom. The zero-order valence-corrected chi connectivity index (χ0v) is 9.72. The van der Waals surface area contributed by atoms with Gasteiger partial charge in [-0.05, 0) is 32.2 Å². The molecule has 0 bridgehead atoms. The Kier molecular flexibility index (Phi) is 5.57. The van der Waals surface area contributed by atoms with Crippen LogP contribution in [0.25, 0.3) is 0 Å². The van der Waals surface area contributed by atoms with Crippen molar-refractivity contribution < 1.29 is 5.11 Å². The van der Waals surface area contributed by atoms with Gasteiger partial charge < -0.3 is 10.4 Å². The second-order valence-corrected chi connectivity index (χ2v) is 4.95. The number of nitrogens with one attached hydrogen (secondary N) is 1. The van der Waals surface area contributed by atoms with Crippen LogP contribution in [0.5, 0.6) is 0 Å². The third-order valence-corrected chi connectivity index (χ3v) is 2.06. The number of aliphatic hydroxyl groups is 1. The minimum absolute atomic E-state index is 0.504. The van der Waals surface area contributed by atoms with Crippen molar-refractivity contribution in [1.82, 2.24) is 5.32 Å². The molecule has 0 aliphatic rings. The first kappa shape index (κ1) is 12.9. The molecule has 0 saturated heterocycles. The lowest BCUT2D eigenvalue weighted by molar-refractivity contribution is 0.0299. The maximum Gasteiger partial charge on any atom is 0.0634 e. The van der Waals surface area contributed by atoms with E-state index < -0.39 is 5.60 Å². The van der Waals surface area contributed by atoms with E-state index in [1.54, 1.807) is 0 Å². The summed E-state index contributed by atoms with van der Waals surface area (Å²) in [5, 5.41) is 13.3. The molecule has 0 rings (SSSR count). The van der Waals surface area contributed by atoms with Crippen molar-refractivity contribution in [3.63, 3.8) is 0 Å². The summed E-state index contributed by atoms with van der Waals surface area (Å²) in [4.78, 5) is 0. The third kappa shape index (κ3) is 8.26. The number of rotatable bonds is 6. The predicted molar refractivity (Wildman–Crippen MR) is 57.8 cm³/mol. The normalized spacial score (nSPS) is 16.6. The van der Waals surface area contributed by atoms with Crippen molar-refractivity contribution in [2.24, 2.45) is 5.92 Å². The zero-order chi connectivity index (χ0) is 10.5. The Labute approximate surface area is 82.7 Å². The van der Waals surface area contributed by atoms with Gasteiger partial charge in [-0.3, -0.25) is 0 Å². The summed E-state index contributed by atoms with van der Waals surface area (Å²) in [6.45, 7) is 11.4. The van der Waals surface area contributed by atoms with Crippen molar-refractivity contribution in [3.05, 3.63) is 0 Å². The van der Waals surface area contributed by atoms with E-state index in [0.717, 1.165) is 19.4 Å². The molecule has 0 radical (unpaired) electrons. The molecule has 0 aliphatic heterocycles. The van der Waals surface area contributed by atoms with Gasteiger partial charge in [0.25, 0.3) is 0 Å². The van der Waals surface area contributed by atoms with Gasteiger partial charge in [0, 0.05) is 6.04 Å². The highest BCUT2D eigenvalue weighted by molar-refractivity contribution is 4.75. The van der Waals surface area contributed by atoms with E-state index >= 15 is 0 Å². The van der Waals surface area contributed by atoms with Crippen LogP contribution >= 0.6 is 0 Å². The molecule has 13 heavy (non-hydrogen) atoms. The van der Waals surface area contributed by atoms with Crippen molar-refractivity contribution in [1.29, 1.82) is 0 Å². The average Bonchev–Trinajstić information content (AvgIpc) is 1.81. The van der Waals surface area contributed by atoms with Gasteiger partial charge in [0.1, 0.15) is 0 Å². The second kappa shape index (κ2) is 5.61. The Balaban J connectivity index is 3.62. The van der Waals surface area contributed by atoms with Gasteiger partial charge in [0.05, 0.1) is 5.60 Å². The van der Waals surface area contributed by atoms with Crippen LogP contribution in [0.3, 0.4) is 0 Å². The molecule has 1 unspecified atom stereocenters. The molecule has 0 aromatic carbocycles. The van der Waals surface area contributed by atoms with E-state index in [1.165, 1.54) is 0 Å². The van der Waals surface area contributed by atoms with Crippen molar-refractivity contribution in [2.75, 3.05) is 6.54 Å². The molecule has 80 valence electrons. The van der Waals surface area contributed by atoms with Crippen LogP contribution < -0.4 is 5.32 Å². The van der Waals surface area contributed by atoms with E-state index in [0.29, 0.717) is 12.0 Å². The molecular formula is C11H25NO. The average molecular weight is 187 g/mol. The molecule has 0 aromatic heterocycles. The van der Waals surface area contributed by atoms with E-state index in [-0.39, 0.29) is 0 Å². The van der Waals surface area contributed by atoms with E-state index in [9.17, 15) is 5.11 Å². The zero-order valence-electron chi connectivity index (χ0n) is 9.72. The highest BCUT2D eigenvalue weighted by atomic mass is 16.3. The molecule has 0 spiro atoms. The van der Waals surface area contributed by atoms with E-state index in [1.807, 2.05) is 6.92 Å². The van der Waals surface area contributed by atoms with Gasteiger partial charge in [-0.1, -0.05) is 27.7 Å². The van der Waals surface area contributed by atoms with Crippen molar-refractivity contribution >= 4 is 0 Å². The first-order valence-electron chi connectivity index (χ1n) is 5.29. The van der Waals surface area contributed by atoms with Crippen LogP contribution in [-0.4, -0.2) is 23.3 Å². The fourth-order valence-corrected chi connectivity index (χ4v) is 1.61. The van der Waals surface area contributed by atoms with Gasteiger partial charge in [-0.15, -0.1) is 0 Å². The first-order chi connectivity index (χ1) is 5.83. The molecule has 0 aliphatic carbocycles. The largest absolute Gasteiger partial charge is 0.390 e. The third-order valence-electron chi connectivity index (χ3n) is 2.06. The summed E-state index contributed by atoms with van der Waals surface area (Å²) >= 11 is 0. The van der Waals surface area contributed by atoms with Crippen LogP contribution in [0.4, 0.5) is 0 Å². The minimum atomic E-state index is -0.504. The molecule has 0 saturated carbocycles. The van der Waals surface area contributed by atoms with Crippen LogP contribution in [0.15, 0.2) is 0 Å². The number of hydrogen-bond acceptors (Lipinski definition) is 2. The first-order valence-corrected chi connectivity index (χ1v) is 5.29.